The Hall–Kier alpha value is -3.12. The van der Waals surface area contributed by atoms with Gasteiger partial charge in [-0.3, -0.25) is 4.79 Å². The summed E-state index contributed by atoms with van der Waals surface area (Å²) in [6, 6.07) is 13.2. The molecule has 6 nitrogen and oxygen atoms in total. The lowest BCUT2D eigenvalue weighted by Gasteiger charge is -2.09. The molecule has 1 aromatic heterocycles. The van der Waals surface area contributed by atoms with Crippen molar-refractivity contribution in [3.63, 3.8) is 0 Å². The number of hydrogen-bond donors (Lipinski definition) is 2. The molecule has 3 aromatic rings. The van der Waals surface area contributed by atoms with Crippen LogP contribution < -0.4 is 15.4 Å². The zero-order valence-electron chi connectivity index (χ0n) is 15.7. The maximum absolute atomic E-state index is 12.4. The molecule has 0 aliphatic heterocycles. The van der Waals surface area contributed by atoms with Crippen LogP contribution in [-0.4, -0.2) is 29.5 Å². The predicted octanol–water partition coefficient (Wildman–Crippen LogP) is 4.35. The predicted molar refractivity (Wildman–Crippen MR) is 111 cm³/mol. The molecule has 0 unspecified atom stereocenters. The minimum absolute atomic E-state index is 0.270. The molecule has 144 valence electrons. The number of aryl methyl sites for hydroxylation is 1. The van der Waals surface area contributed by atoms with Gasteiger partial charge in [-0.25, -0.2) is 9.97 Å². The molecular weight excluding hydrogens is 376 g/mol. The normalized spacial score (nSPS) is 10.4. The summed E-state index contributed by atoms with van der Waals surface area (Å²) < 4.78 is 5.22. The minimum atomic E-state index is -0.270. The molecule has 0 aliphatic rings. The molecular formula is C21H21ClN4O2. The summed E-state index contributed by atoms with van der Waals surface area (Å²) in [6.45, 7) is 2.55. The molecule has 0 bridgehead atoms. The third-order valence-corrected chi connectivity index (χ3v) is 4.42. The number of methoxy groups -OCH3 is 1. The van der Waals surface area contributed by atoms with Crippen molar-refractivity contribution < 1.29 is 9.53 Å². The first-order valence-electron chi connectivity index (χ1n) is 8.81. The number of aromatic nitrogens is 2. The second kappa shape index (κ2) is 9.19. The average Bonchev–Trinajstić information content (AvgIpc) is 2.71. The number of ether oxygens (including phenoxy) is 1. The van der Waals surface area contributed by atoms with Gasteiger partial charge in [0, 0.05) is 29.6 Å². The molecule has 3 rings (SSSR count). The Labute approximate surface area is 168 Å². The second-order valence-electron chi connectivity index (χ2n) is 6.24. The third-order valence-electron chi connectivity index (χ3n) is 4.18. The molecule has 7 heteroatoms. The smallest absolute Gasteiger partial charge is 0.258 e. The van der Waals surface area contributed by atoms with E-state index < -0.39 is 0 Å². The highest BCUT2D eigenvalue weighted by Crippen LogP contribution is 2.20. The molecule has 0 aliphatic carbocycles. The van der Waals surface area contributed by atoms with E-state index in [4.69, 9.17) is 16.3 Å². The second-order valence-corrected chi connectivity index (χ2v) is 6.67. The first-order chi connectivity index (χ1) is 13.5. The first-order valence-corrected chi connectivity index (χ1v) is 9.19. The van der Waals surface area contributed by atoms with Crippen LogP contribution >= 0.6 is 11.6 Å². The fourth-order valence-electron chi connectivity index (χ4n) is 2.65. The summed E-state index contributed by atoms with van der Waals surface area (Å²) in [4.78, 5) is 20.8. The molecule has 1 heterocycles. The summed E-state index contributed by atoms with van der Waals surface area (Å²) >= 11 is 5.94. The van der Waals surface area contributed by atoms with E-state index >= 15 is 0 Å². The summed E-state index contributed by atoms with van der Waals surface area (Å²) in [5, 5.41) is 6.62. The van der Waals surface area contributed by atoms with Gasteiger partial charge in [-0.05, 0) is 54.8 Å². The van der Waals surface area contributed by atoms with E-state index in [9.17, 15) is 4.79 Å². The van der Waals surface area contributed by atoms with Crippen molar-refractivity contribution in [1.29, 1.82) is 0 Å². The molecule has 0 spiro atoms. The molecule has 0 radical (unpaired) electrons. The quantitative estimate of drug-likeness (QED) is 0.620. The number of amides is 1. The first kappa shape index (κ1) is 19.6. The van der Waals surface area contributed by atoms with Gasteiger partial charge in [0.25, 0.3) is 5.91 Å². The maximum atomic E-state index is 12.4. The van der Waals surface area contributed by atoms with Crippen LogP contribution in [0.3, 0.4) is 0 Å². The molecule has 0 saturated carbocycles. The molecule has 0 saturated heterocycles. The molecule has 2 N–H and O–H groups in total. The number of nitrogens with one attached hydrogen (secondary N) is 2. The highest BCUT2D eigenvalue weighted by molar-refractivity contribution is 6.30. The largest absolute Gasteiger partial charge is 0.497 e. The number of rotatable bonds is 7. The van der Waals surface area contributed by atoms with Crippen molar-refractivity contribution in [2.75, 3.05) is 24.3 Å². The van der Waals surface area contributed by atoms with Crippen LogP contribution in [-0.2, 0) is 6.42 Å². The summed E-state index contributed by atoms with van der Waals surface area (Å²) in [5.41, 5.74) is 3.13. The van der Waals surface area contributed by atoms with Crippen LogP contribution in [0.5, 0.6) is 5.75 Å². The van der Waals surface area contributed by atoms with E-state index in [1.807, 2.05) is 31.2 Å². The van der Waals surface area contributed by atoms with Crippen LogP contribution in [0.4, 0.5) is 11.6 Å². The molecule has 0 atom stereocenters. The van der Waals surface area contributed by atoms with Gasteiger partial charge in [0.2, 0.25) is 5.95 Å². The van der Waals surface area contributed by atoms with Crippen molar-refractivity contribution in [2.45, 2.75) is 13.3 Å². The van der Waals surface area contributed by atoms with E-state index in [0.717, 1.165) is 23.3 Å². The monoisotopic (exact) mass is 396 g/mol. The number of anilines is 2. The number of halogens is 1. The zero-order chi connectivity index (χ0) is 19.9. The molecule has 2 aromatic carbocycles. The standard InChI is InChI=1S/C21H21ClN4O2/c1-14-10-17(22)6-7-19(14)26-20(27)16-12-24-21(25-13-16)23-9-8-15-4-3-5-18(11-15)28-2/h3-7,10-13H,8-9H2,1-2H3,(H,26,27)(H,23,24,25). The molecule has 0 fully saturated rings. The van der Waals surface area contributed by atoms with Crippen molar-refractivity contribution in [2.24, 2.45) is 0 Å². The maximum Gasteiger partial charge on any atom is 0.258 e. The molecule has 1 amide bonds. The van der Waals surface area contributed by atoms with Gasteiger partial charge in [0.05, 0.1) is 12.7 Å². The van der Waals surface area contributed by atoms with Gasteiger partial charge in [-0.1, -0.05) is 23.7 Å². The Bertz CT molecular complexity index is 961. The SMILES string of the molecule is COc1cccc(CCNc2ncc(C(=O)Nc3ccc(Cl)cc3C)cn2)c1. The van der Waals surface area contributed by atoms with Gasteiger partial charge in [-0.15, -0.1) is 0 Å². The van der Waals surface area contributed by atoms with Gasteiger partial charge >= 0.3 is 0 Å². The van der Waals surface area contributed by atoms with E-state index in [-0.39, 0.29) is 5.91 Å². The topological polar surface area (TPSA) is 76.1 Å². The summed E-state index contributed by atoms with van der Waals surface area (Å²) in [5.74, 6) is 1.04. The summed E-state index contributed by atoms with van der Waals surface area (Å²) in [7, 11) is 1.65. The van der Waals surface area contributed by atoms with Crippen LogP contribution in [0.25, 0.3) is 0 Å². The van der Waals surface area contributed by atoms with Crippen LogP contribution in [0.15, 0.2) is 54.9 Å². The van der Waals surface area contributed by atoms with Gasteiger partial charge in [-0.2, -0.15) is 0 Å². The lowest BCUT2D eigenvalue weighted by Crippen LogP contribution is -2.14. The van der Waals surface area contributed by atoms with Crippen LogP contribution in [0, 0.1) is 6.92 Å². The fourth-order valence-corrected chi connectivity index (χ4v) is 2.87. The third kappa shape index (κ3) is 5.20. The lowest BCUT2D eigenvalue weighted by molar-refractivity contribution is 0.102. The van der Waals surface area contributed by atoms with E-state index in [1.54, 1.807) is 25.3 Å². The Kier molecular flexibility index (Phi) is 6.45. The molecule has 28 heavy (non-hydrogen) atoms. The zero-order valence-corrected chi connectivity index (χ0v) is 16.5. The van der Waals surface area contributed by atoms with Gasteiger partial charge in [0.1, 0.15) is 5.75 Å². The van der Waals surface area contributed by atoms with Crippen molar-refractivity contribution >= 4 is 29.1 Å². The average molecular weight is 397 g/mol. The number of hydrogen-bond acceptors (Lipinski definition) is 5. The van der Waals surface area contributed by atoms with Crippen molar-refractivity contribution in [1.82, 2.24) is 9.97 Å². The number of carbonyl (C=O) groups is 1. The van der Waals surface area contributed by atoms with Crippen LogP contribution in [0.1, 0.15) is 21.5 Å². The van der Waals surface area contributed by atoms with Crippen molar-refractivity contribution in [3.8, 4) is 5.75 Å². The summed E-state index contributed by atoms with van der Waals surface area (Å²) in [6.07, 6.45) is 3.81. The fraction of sp³-hybridized carbons (Fsp3) is 0.190. The Balaban J connectivity index is 1.54. The van der Waals surface area contributed by atoms with Crippen LogP contribution in [0.2, 0.25) is 5.02 Å². The van der Waals surface area contributed by atoms with Crippen molar-refractivity contribution in [3.05, 3.63) is 76.6 Å². The highest BCUT2D eigenvalue weighted by Gasteiger charge is 2.09. The number of benzene rings is 2. The minimum Gasteiger partial charge on any atom is -0.497 e. The number of nitrogens with zero attached hydrogens (tertiary/aromatic N) is 2. The Morgan fingerprint density at radius 1 is 1.14 bits per heavy atom. The number of carbonyl (C=O) groups excluding carboxylic acids is 1. The highest BCUT2D eigenvalue weighted by atomic mass is 35.5. The van der Waals surface area contributed by atoms with E-state index in [0.29, 0.717) is 28.8 Å². The van der Waals surface area contributed by atoms with E-state index in [2.05, 4.69) is 20.6 Å². The lowest BCUT2D eigenvalue weighted by atomic mass is 10.1. The van der Waals surface area contributed by atoms with E-state index in [1.165, 1.54) is 12.4 Å². The van der Waals surface area contributed by atoms with Gasteiger partial charge in [0.15, 0.2) is 0 Å². The Morgan fingerprint density at radius 2 is 1.93 bits per heavy atom. The van der Waals surface area contributed by atoms with Gasteiger partial charge < -0.3 is 15.4 Å². The Morgan fingerprint density at radius 3 is 2.64 bits per heavy atom.